The SMILES string of the molecule is C(#Cc1cc2c(cc1-c1ccccc1)c1ccccc1n2-c1cccc(-c2nc(-c3ccccc3)nc(-c3ccccc3)n2)c1)c1ccc2c(c1)c1ccccc1n2-c1ccccc1. The van der Waals surface area contributed by atoms with Crippen molar-refractivity contribution in [3.8, 4) is 68.5 Å². The van der Waals surface area contributed by atoms with E-state index in [4.69, 9.17) is 15.0 Å². The van der Waals surface area contributed by atoms with E-state index in [2.05, 4.69) is 185 Å². The fraction of sp³-hybridized carbons (Fsp3) is 0. The molecule has 0 radical (unpaired) electrons. The van der Waals surface area contributed by atoms with Crippen molar-refractivity contribution in [2.24, 2.45) is 0 Å². The summed E-state index contributed by atoms with van der Waals surface area (Å²) in [5.74, 6) is 9.16. The number of hydrogen-bond donors (Lipinski definition) is 0. The van der Waals surface area contributed by atoms with Crippen molar-refractivity contribution in [3.05, 3.63) is 236 Å². The molecule has 12 rings (SSSR count). The second kappa shape index (κ2) is 15.6. The topological polar surface area (TPSA) is 48.5 Å². The van der Waals surface area contributed by atoms with E-state index >= 15 is 0 Å². The van der Waals surface area contributed by atoms with Crippen LogP contribution in [0.3, 0.4) is 0 Å². The van der Waals surface area contributed by atoms with Crippen LogP contribution in [-0.4, -0.2) is 24.1 Å². The number of fused-ring (bicyclic) bond motifs is 6. The Balaban J connectivity index is 1.03. The molecular weight excluding hydrogens is 779 g/mol. The van der Waals surface area contributed by atoms with Crippen LogP contribution in [0, 0.1) is 11.8 Å². The van der Waals surface area contributed by atoms with Crippen LogP contribution in [0.2, 0.25) is 0 Å². The summed E-state index contributed by atoms with van der Waals surface area (Å²) < 4.78 is 4.68. The van der Waals surface area contributed by atoms with E-state index in [-0.39, 0.29) is 0 Å². The molecule has 298 valence electrons. The summed E-state index contributed by atoms with van der Waals surface area (Å²) in [7, 11) is 0. The Labute approximate surface area is 370 Å². The van der Waals surface area contributed by atoms with Crippen LogP contribution < -0.4 is 0 Å². The quantitative estimate of drug-likeness (QED) is 0.157. The second-order valence-electron chi connectivity index (χ2n) is 15.9. The molecule has 12 aromatic rings. The van der Waals surface area contributed by atoms with Gasteiger partial charge in [-0.25, -0.2) is 15.0 Å². The first-order valence-corrected chi connectivity index (χ1v) is 21.4. The fourth-order valence-electron chi connectivity index (χ4n) is 9.02. The molecule has 3 heterocycles. The van der Waals surface area contributed by atoms with Gasteiger partial charge >= 0.3 is 0 Å². The molecule has 5 nitrogen and oxygen atoms in total. The number of rotatable bonds is 6. The minimum atomic E-state index is 0.608. The minimum absolute atomic E-state index is 0.608. The molecule has 64 heavy (non-hydrogen) atoms. The Kier molecular flexibility index (Phi) is 8.99. The number of nitrogens with zero attached hydrogens (tertiary/aromatic N) is 5. The summed E-state index contributed by atoms with van der Waals surface area (Å²) >= 11 is 0. The van der Waals surface area contributed by atoms with Crippen molar-refractivity contribution in [2.45, 2.75) is 0 Å². The van der Waals surface area contributed by atoms with Gasteiger partial charge in [0.2, 0.25) is 0 Å². The molecule has 5 heteroatoms. The highest BCUT2D eigenvalue weighted by molar-refractivity contribution is 6.12. The molecule has 0 aliphatic heterocycles. The smallest absolute Gasteiger partial charge is 0.164 e. The average molecular weight is 816 g/mol. The predicted molar refractivity (Wildman–Crippen MR) is 263 cm³/mol. The monoisotopic (exact) mass is 815 g/mol. The van der Waals surface area contributed by atoms with Gasteiger partial charge in [0.15, 0.2) is 17.5 Å². The van der Waals surface area contributed by atoms with Gasteiger partial charge in [-0.15, -0.1) is 0 Å². The molecule has 0 saturated heterocycles. The molecule has 0 saturated carbocycles. The lowest BCUT2D eigenvalue weighted by atomic mass is 9.97. The molecule has 0 amide bonds. The number of para-hydroxylation sites is 3. The third-order valence-electron chi connectivity index (χ3n) is 12.0. The first-order chi connectivity index (χ1) is 31.7. The highest BCUT2D eigenvalue weighted by Crippen LogP contribution is 2.38. The van der Waals surface area contributed by atoms with Gasteiger partial charge in [0, 0.05) is 60.7 Å². The van der Waals surface area contributed by atoms with Crippen molar-refractivity contribution in [2.75, 3.05) is 0 Å². The highest BCUT2D eigenvalue weighted by Gasteiger charge is 2.18. The van der Waals surface area contributed by atoms with Gasteiger partial charge in [-0.05, 0) is 77.9 Å². The lowest BCUT2D eigenvalue weighted by molar-refractivity contribution is 1.07. The van der Waals surface area contributed by atoms with E-state index in [0.29, 0.717) is 17.5 Å². The van der Waals surface area contributed by atoms with E-state index in [9.17, 15) is 0 Å². The van der Waals surface area contributed by atoms with Crippen LogP contribution in [0.4, 0.5) is 0 Å². The van der Waals surface area contributed by atoms with Crippen molar-refractivity contribution in [1.82, 2.24) is 24.1 Å². The fourth-order valence-corrected chi connectivity index (χ4v) is 9.02. The molecule has 0 aliphatic carbocycles. The normalized spacial score (nSPS) is 11.3. The van der Waals surface area contributed by atoms with E-state index in [1.807, 2.05) is 60.7 Å². The van der Waals surface area contributed by atoms with Gasteiger partial charge in [0.1, 0.15) is 0 Å². The summed E-state index contributed by atoms with van der Waals surface area (Å²) in [6.45, 7) is 0. The lowest BCUT2D eigenvalue weighted by Gasteiger charge is -2.12. The standard InChI is InChI=1S/C59H37N5/c1-5-18-41(19-6-1)50-39-52-49-29-14-16-31-54(49)64(47-27-17-24-45(37-47)59-61-57(42-20-7-2-8-21-42)60-58(62-59)43-22-9-3-10-23-43)56(52)38-44(50)34-32-40-33-35-55-51(36-40)48-28-13-15-30-53(48)63(55)46-25-11-4-12-26-46/h1-31,33,35-39H. The Morgan fingerprint density at radius 3 is 1.39 bits per heavy atom. The van der Waals surface area contributed by atoms with Crippen LogP contribution in [0.25, 0.3) is 100 Å². The first-order valence-electron chi connectivity index (χ1n) is 21.4. The maximum atomic E-state index is 5.06. The van der Waals surface area contributed by atoms with Gasteiger partial charge in [-0.1, -0.05) is 170 Å². The molecule has 0 aliphatic rings. The summed E-state index contributed by atoms with van der Waals surface area (Å²) in [5.41, 5.74) is 13.5. The number of hydrogen-bond acceptors (Lipinski definition) is 3. The lowest BCUT2D eigenvalue weighted by Crippen LogP contribution is -2.01. The van der Waals surface area contributed by atoms with Crippen molar-refractivity contribution >= 4 is 43.6 Å². The summed E-state index contributed by atoms with van der Waals surface area (Å²) in [6, 6.07) is 78.3. The zero-order valence-corrected chi connectivity index (χ0v) is 34.6. The summed E-state index contributed by atoms with van der Waals surface area (Å²) in [5, 5.41) is 4.69. The van der Waals surface area contributed by atoms with Crippen LogP contribution in [-0.2, 0) is 0 Å². The van der Waals surface area contributed by atoms with Crippen molar-refractivity contribution in [3.63, 3.8) is 0 Å². The molecule has 0 bridgehead atoms. The number of aromatic nitrogens is 5. The summed E-state index contributed by atoms with van der Waals surface area (Å²) in [6.07, 6.45) is 0. The second-order valence-corrected chi connectivity index (χ2v) is 15.9. The zero-order chi connectivity index (χ0) is 42.4. The van der Waals surface area contributed by atoms with Gasteiger partial charge in [0.05, 0.1) is 22.1 Å². The Hall–Kier alpha value is -8.85. The largest absolute Gasteiger partial charge is 0.309 e. The predicted octanol–water partition coefficient (Wildman–Crippen LogP) is 14.1. The van der Waals surface area contributed by atoms with Crippen LogP contribution >= 0.6 is 0 Å². The van der Waals surface area contributed by atoms with Gasteiger partial charge in [0.25, 0.3) is 0 Å². The van der Waals surface area contributed by atoms with E-state index in [1.54, 1.807) is 0 Å². The van der Waals surface area contributed by atoms with Crippen molar-refractivity contribution < 1.29 is 0 Å². The molecular formula is C59H37N5. The molecule has 0 fully saturated rings. The Morgan fingerprint density at radius 2 is 0.766 bits per heavy atom. The maximum absolute atomic E-state index is 5.06. The van der Waals surface area contributed by atoms with E-state index < -0.39 is 0 Å². The van der Waals surface area contributed by atoms with Crippen LogP contribution in [0.1, 0.15) is 11.1 Å². The molecule has 0 atom stereocenters. The van der Waals surface area contributed by atoms with Crippen LogP contribution in [0.5, 0.6) is 0 Å². The minimum Gasteiger partial charge on any atom is -0.309 e. The first kappa shape index (κ1) is 37.0. The van der Waals surface area contributed by atoms with Gasteiger partial charge in [-0.3, -0.25) is 0 Å². The Bertz CT molecular complexity index is 3710. The average Bonchev–Trinajstić information content (AvgIpc) is 3.88. The van der Waals surface area contributed by atoms with Gasteiger partial charge in [-0.2, -0.15) is 0 Å². The van der Waals surface area contributed by atoms with Crippen molar-refractivity contribution in [1.29, 1.82) is 0 Å². The molecule has 9 aromatic carbocycles. The van der Waals surface area contributed by atoms with E-state index in [0.717, 1.165) is 77.6 Å². The molecule has 3 aromatic heterocycles. The Morgan fingerprint density at radius 1 is 0.297 bits per heavy atom. The molecule has 0 N–H and O–H groups in total. The third kappa shape index (κ3) is 6.50. The number of benzene rings is 9. The zero-order valence-electron chi connectivity index (χ0n) is 34.6. The van der Waals surface area contributed by atoms with Crippen LogP contribution in [0.15, 0.2) is 224 Å². The van der Waals surface area contributed by atoms with Gasteiger partial charge < -0.3 is 9.13 Å². The molecule has 0 spiro atoms. The summed E-state index contributed by atoms with van der Waals surface area (Å²) in [4.78, 5) is 15.1. The van der Waals surface area contributed by atoms with E-state index in [1.165, 1.54) is 16.3 Å². The maximum Gasteiger partial charge on any atom is 0.164 e. The molecule has 0 unspecified atom stereocenters. The third-order valence-corrected chi connectivity index (χ3v) is 12.0. The highest BCUT2D eigenvalue weighted by atomic mass is 15.0.